The van der Waals surface area contributed by atoms with E-state index < -0.39 is 6.10 Å². The molecular formula is C18H20O3. The minimum absolute atomic E-state index is 0.497. The van der Waals surface area contributed by atoms with Crippen LogP contribution in [0.2, 0.25) is 0 Å². The minimum Gasteiger partial charge on any atom is -0.497 e. The molecule has 0 amide bonds. The quantitative estimate of drug-likeness (QED) is 0.846. The van der Waals surface area contributed by atoms with E-state index in [0.717, 1.165) is 28.2 Å². The molecule has 3 nitrogen and oxygen atoms in total. The summed E-state index contributed by atoms with van der Waals surface area (Å²) >= 11 is 0. The summed E-state index contributed by atoms with van der Waals surface area (Å²) in [5, 5.41) is 9.80. The van der Waals surface area contributed by atoms with Crippen molar-refractivity contribution in [1.29, 1.82) is 0 Å². The van der Waals surface area contributed by atoms with E-state index in [4.69, 9.17) is 9.47 Å². The maximum absolute atomic E-state index is 9.80. The SMILES string of the molecule is COc1ccc(/C=C\c2ccccc2C(C)O)c(OC)c1. The topological polar surface area (TPSA) is 38.7 Å². The molecule has 0 heterocycles. The third-order valence-corrected chi connectivity index (χ3v) is 3.33. The molecule has 0 fully saturated rings. The summed E-state index contributed by atoms with van der Waals surface area (Å²) < 4.78 is 10.6. The second kappa shape index (κ2) is 6.95. The van der Waals surface area contributed by atoms with Crippen LogP contribution in [0, 0.1) is 0 Å². The fraction of sp³-hybridized carbons (Fsp3) is 0.222. The van der Waals surface area contributed by atoms with Crippen molar-refractivity contribution in [3.05, 3.63) is 59.2 Å². The number of benzene rings is 2. The Balaban J connectivity index is 2.34. The summed E-state index contributed by atoms with van der Waals surface area (Å²) in [5.74, 6) is 1.51. The Bertz CT molecular complexity index is 630. The van der Waals surface area contributed by atoms with Gasteiger partial charge in [-0.1, -0.05) is 36.4 Å². The van der Waals surface area contributed by atoms with Gasteiger partial charge in [0.05, 0.1) is 20.3 Å². The van der Waals surface area contributed by atoms with Gasteiger partial charge in [-0.05, 0) is 30.2 Å². The van der Waals surface area contributed by atoms with Crippen LogP contribution in [0.25, 0.3) is 12.2 Å². The predicted octanol–water partition coefficient (Wildman–Crippen LogP) is 3.93. The lowest BCUT2D eigenvalue weighted by molar-refractivity contribution is 0.199. The van der Waals surface area contributed by atoms with E-state index in [1.165, 1.54) is 0 Å². The Labute approximate surface area is 125 Å². The van der Waals surface area contributed by atoms with Crippen LogP contribution in [0.4, 0.5) is 0 Å². The summed E-state index contributed by atoms with van der Waals surface area (Å²) in [6.07, 6.45) is 3.45. The van der Waals surface area contributed by atoms with Crippen LogP contribution in [-0.2, 0) is 0 Å². The van der Waals surface area contributed by atoms with Crippen LogP contribution in [0.3, 0.4) is 0 Å². The number of aliphatic hydroxyl groups excluding tert-OH is 1. The van der Waals surface area contributed by atoms with Gasteiger partial charge in [0.1, 0.15) is 11.5 Å². The maximum atomic E-state index is 9.80. The Kier molecular flexibility index (Phi) is 5.01. The first-order chi connectivity index (χ1) is 10.2. The molecule has 0 radical (unpaired) electrons. The van der Waals surface area contributed by atoms with E-state index in [-0.39, 0.29) is 0 Å². The van der Waals surface area contributed by atoms with Crippen molar-refractivity contribution < 1.29 is 14.6 Å². The van der Waals surface area contributed by atoms with Crippen molar-refractivity contribution in [2.45, 2.75) is 13.0 Å². The van der Waals surface area contributed by atoms with Crippen molar-refractivity contribution in [3.8, 4) is 11.5 Å². The Morgan fingerprint density at radius 1 is 0.952 bits per heavy atom. The molecule has 2 rings (SSSR count). The van der Waals surface area contributed by atoms with Crippen molar-refractivity contribution in [3.63, 3.8) is 0 Å². The molecule has 0 saturated carbocycles. The van der Waals surface area contributed by atoms with E-state index in [2.05, 4.69) is 0 Å². The van der Waals surface area contributed by atoms with Gasteiger partial charge < -0.3 is 14.6 Å². The number of hydrogen-bond acceptors (Lipinski definition) is 3. The van der Waals surface area contributed by atoms with Gasteiger partial charge in [-0.3, -0.25) is 0 Å². The van der Waals surface area contributed by atoms with Gasteiger partial charge in [-0.15, -0.1) is 0 Å². The first-order valence-corrected chi connectivity index (χ1v) is 6.83. The molecule has 0 aromatic heterocycles. The van der Waals surface area contributed by atoms with Crippen molar-refractivity contribution >= 4 is 12.2 Å². The van der Waals surface area contributed by atoms with Crippen molar-refractivity contribution in [2.24, 2.45) is 0 Å². The van der Waals surface area contributed by atoms with E-state index in [1.54, 1.807) is 21.1 Å². The van der Waals surface area contributed by atoms with E-state index in [1.807, 2.05) is 54.6 Å². The van der Waals surface area contributed by atoms with Crippen molar-refractivity contribution in [2.75, 3.05) is 14.2 Å². The van der Waals surface area contributed by atoms with Crippen LogP contribution in [0.1, 0.15) is 29.7 Å². The molecule has 110 valence electrons. The summed E-state index contributed by atoms with van der Waals surface area (Å²) in [5.41, 5.74) is 2.85. The van der Waals surface area contributed by atoms with Crippen LogP contribution in [0.15, 0.2) is 42.5 Å². The minimum atomic E-state index is -0.497. The second-order valence-electron chi connectivity index (χ2n) is 4.75. The highest BCUT2D eigenvalue weighted by molar-refractivity contribution is 5.74. The van der Waals surface area contributed by atoms with Gasteiger partial charge in [-0.2, -0.15) is 0 Å². The largest absolute Gasteiger partial charge is 0.497 e. The molecule has 0 aliphatic heterocycles. The van der Waals surface area contributed by atoms with Crippen LogP contribution in [-0.4, -0.2) is 19.3 Å². The molecule has 2 aromatic rings. The molecule has 1 unspecified atom stereocenters. The zero-order valence-corrected chi connectivity index (χ0v) is 12.5. The molecule has 1 atom stereocenters. The third kappa shape index (κ3) is 3.64. The third-order valence-electron chi connectivity index (χ3n) is 3.33. The fourth-order valence-electron chi connectivity index (χ4n) is 2.18. The normalized spacial score (nSPS) is 12.4. The Hall–Kier alpha value is -2.26. The number of methoxy groups -OCH3 is 2. The lowest BCUT2D eigenvalue weighted by Gasteiger charge is -2.09. The number of ether oxygens (including phenoxy) is 2. The average molecular weight is 284 g/mol. The predicted molar refractivity (Wildman–Crippen MR) is 85.5 cm³/mol. The molecule has 0 spiro atoms. The maximum Gasteiger partial charge on any atom is 0.129 e. The Morgan fingerprint density at radius 3 is 2.33 bits per heavy atom. The first kappa shape index (κ1) is 15.1. The monoisotopic (exact) mass is 284 g/mol. The van der Waals surface area contributed by atoms with E-state index >= 15 is 0 Å². The summed E-state index contributed by atoms with van der Waals surface area (Å²) in [6, 6.07) is 13.5. The van der Waals surface area contributed by atoms with Crippen molar-refractivity contribution in [1.82, 2.24) is 0 Å². The molecule has 0 saturated heterocycles. The average Bonchev–Trinajstić information content (AvgIpc) is 2.52. The second-order valence-corrected chi connectivity index (χ2v) is 4.75. The van der Waals surface area contributed by atoms with Crippen LogP contribution in [0.5, 0.6) is 11.5 Å². The summed E-state index contributed by atoms with van der Waals surface area (Å²) in [7, 11) is 3.26. The fourth-order valence-corrected chi connectivity index (χ4v) is 2.18. The first-order valence-electron chi connectivity index (χ1n) is 6.83. The van der Waals surface area contributed by atoms with Gasteiger partial charge in [-0.25, -0.2) is 0 Å². The molecule has 21 heavy (non-hydrogen) atoms. The van der Waals surface area contributed by atoms with Gasteiger partial charge in [0.2, 0.25) is 0 Å². The molecule has 0 aliphatic rings. The molecule has 0 aliphatic carbocycles. The molecule has 0 bridgehead atoms. The van der Waals surface area contributed by atoms with Gasteiger partial charge in [0.25, 0.3) is 0 Å². The Morgan fingerprint density at radius 2 is 1.67 bits per heavy atom. The van der Waals surface area contributed by atoms with Crippen LogP contribution >= 0.6 is 0 Å². The lowest BCUT2D eigenvalue weighted by Crippen LogP contribution is -1.94. The number of rotatable bonds is 5. The number of hydrogen-bond donors (Lipinski definition) is 1. The zero-order valence-electron chi connectivity index (χ0n) is 12.5. The highest BCUT2D eigenvalue weighted by atomic mass is 16.5. The lowest BCUT2D eigenvalue weighted by atomic mass is 10.0. The standard InChI is InChI=1S/C18H20O3/c1-13(19)17-7-5-4-6-14(17)8-9-15-10-11-16(20-2)12-18(15)21-3/h4-13,19H,1-3H3/b9-8-. The highest BCUT2D eigenvalue weighted by Gasteiger charge is 2.05. The summed E-state index contributed by atoms with van der Waals surface area (Å²) in [4.78, 5) is 0. The van der Waals surface area contributed by atoms with Crippen LogP contribution < -0.4 is 9.47 Å². The molecule has 2 aromatic carbocycles. The number of aliphatic hydroxyl groups is 1. The smallest absolute Gasteiger partial charge is 0.129 e. The van der Waals surface area contributed by atoms with Gasteiger partial charge in [0, 0.05) is 11.6 Å². The summed E-state index contributed by atoms with van der Waals surface area (Å²) in [6.45, 7) is 1.76. The molecule has 3 heteroatoms. The molecule has 1 N–H and O–H groups in total. The zero-order chi connectivity index (χ0) is 15.2. The highest BCUT2D eigenvalue weighted by Crippen LogP contribution is 2.27. The van der Waals surface area contributed by atoms with E-state index in [9.17, 15) is 5.11 Å². The van der Waals surface area contributed by atoms with E-state index in [0.29, 0.717) is 0 Å². The molecular weight excluding hydrogens is 264 g/mol. The van der Waals surface area contributed by atoms with Gasteiger partial charge >= 0.3 is 0 Å². The van der Waals surface area contributed by atoms with Gasteiger partial charge in [0.15, 0.2) is 0 Å².